The van der Waals surface area contributed by atoms with Gasteiger partial charge in [0.2, 0.25) is 0 Å². The van der Waals surface area contributed by atoms with Crippen molar-refractivity contribution in [2.24, 2.45) is 0 Å². The normalized spacial score (nSPS) is 25.0. The average Bonchev–Trinajstić information content (AvgIpc) is 3.52. The van der Waals surface area contributed by atoms with Crippen LogP contribution in [0.25, 0.3) is 0 Å². The van der Waals surface area contributed by atoms with Crippen LogP contribution in [0, 0.1) is 0 Å². The van der Waals surface area contributed by atoms with Crippen molar-refractivity contribution in [3.63, 3.8) is 0 Å². The standard InChI is InChI=1S/C46H54B2O6/c1-41(2)42(3,4)52-47(51-41)39-23-15-35(16-24-39)31-33-11-19-37(20-12-33)45(49-9)27-29-46(50-10,30-28-45)38-21-13-34(14-22-38)32-36-17-25-40(26-18-36)48-53-43(5,6)44(7,8)54-48/h11-30H,31-32H2,1-10H3. The summed E-state index contributed by atoms with van der Waals surface area (Å²) in [6.45, 7) is 16.6. The highest BCUT2D eigenvalue weighted by molar-refractivity contribution is 6.62. The fourth-order valence-electron chi connectivity index (χ4n) is 7.28. The molecular weight excluding hydrogens is 670 g/mol. The summed E-state index contributed by atoms with van der Waals surface area (Å²) in [7, 11) is 2.79. The first kappa shape index (κ1) is 38.5. The van der Waals surface area contributed by atoms with Gasteiger partial charge in [0.1, 0.15) is 11.2 Å². The van der Waals surface area contributed by atoms with Gasteiger partial charge in [-0.05, 0) is 137 Å². The Balaban J connectivity index is 0.985. The second-order valence-electron chi connectivity index (χ2n) is 17.1. The van der Waals surface area contributed by atoms with Crippen molar-refractivity contribution in [3.8, 4) is 0 Å². The molecule has 8 heteroatoms. The Hall–Kier alpha value is -3.75. The van der Waals surface area contributed by atoms with Crippen LogP contribution in [0.1, 0.15) is 88.8 Å². The summed E-state index contributed by atoms with van der Waals surface area (Å²) >= 11 is 0. The van der Waals surface area contributed by atoms with Crippen LogP contribution in [-0.4, -0.2) is 50.9 Å². The summed E-state index contributed by atoms with van der Waals surface area (Å²) in [6, 6.07) is 34.4. The van der Waals surface area contributed by atoms with E-state index >= 15 is 0 Å². The van der Waals surface area contributed by atoms with Gasteiger partial charge in [-0.3, -0.25) is 0 Å². The van der Waals surface area contributed by atoms with Crippen LogP contribution in [0.15, 0.2) is 121 Å². The van der Waals surface area contributed by atoms with Gasteiger partial charge in [-0.15, -0.1) is 0 Å². The zero-order chi connectivity index (χ0) is 38.6. The molecule has 4 aromatic carbocycles. The van der Waals surface area contributed by atoms with E-state index in [1.165, 1.54) is 22.3 Å². The second-order valence-corrected chi connectivity index (χ2v) is 17.1. The van der Waals surface area contributed by atoms with E-state index in [9.17, 15) is 0 Å². The molecule has 2 aliphatic heterocycles. The lowest BCUT2D eigenvalue weighted by Crippen LogP contribution is -2.41. The minimum atomic E-state index is -0.697. The first-order chi connectivity index (χ1) is 25.5. The average molecular weight is 725 g/mol. The monoisotopic (exact) mass is 724 g/mol. The number of methoxy groups -OCH3 is 2. The van der Waals surface area contributed by atoms with Crippen LogP contribution >= 0.6 is 0 Å². The molecule has 0 amide bonds. The van der Waals surface area contributed by atoms with Gasteiger partial charge in [-0.25, -0.2) is 0 Å². The van der Waals surface area contributed by atoms with Gasteiger partial charge in [0.05, 0.1) is 22.4 Å². The lowest BCUT2D eigenvalue weighted by molar-refractivity contribution is 0.00578. The highest BCUT2D eigenvalue weighted by atomic mass is 16.7. The molecule has 7 rings (SSSR count). The molecule has 0 bridgehead atoms. The third-order valence-corrected chi connectivity index (χ3v) is 12.5. The molecular formula is C46H54B2O6. The number of benzene rings is 4. The maximum Gasteiger partial charge on any atom is 0.494 e. The molecule has 0 saturated carbocycles. The van der Waals surface area contributed by atoms with E-state index in [2.05, 4.69) is 177 Å². The summed E-state index contributed by atoms with van der Waals surface area (Å²) in [5, 5.41) is 0. The molecule has 0 unspecified atom stereocenters. The zero-order valence-corrected chi connectivity index (χ0v) is 33.6. The van der Waals surface area contributed by atoms with Crippen molar-refractivity contribution in [2.75, 3.05) is 14.2 Å². The number of ether oxygens (including phenoxy) is 2. The Bertz CT molecular complexity index is 1800. The van der Waals surface area contributed by atoms with Crippen LogP contribution in [0.2, 0.25) is 0 Å². The van der Waals surface area contributed by atoms with Gasteiger partial charge in [0, 0.05) is 14.2 Å². The number of hydrogen-bond donors (Lipinski definition) is 0. The topological polar surface area (TPSA) is 55.4 Å². The van der Waals surface area contributed by atoms with E-state index < -0.39 is 11.2 Å². The maximum atomic E-state index is 6.23. The molecule has 2 fully saturated rings. The Morgan fingerprint density at radius 3 is 0.870 bits per heavy atom. The van der Waals surface area contributed by atoms with Crippen LogP contribution in [0.5, 0.6) is 0 Å². The lowest BCUT2D eigenvalue weighted by Gasteiger charge is -2.36. The molecule has 54 heavy (non-hydrogen) atoms. The van der Waals surface area contributed by atoms with Crippen LogP contribution in [0.4, 0.5) is 0 Å². The molecule has 2 heterocycles. The third kappa shape index (κ3) is 7.21. The SMILES string of the molecule is COC1(c2ccc(Cc3ccc(B4OC(C)(C)C(C)(C)O4)cc3)cc2)C=CC(OC)(c2ccc(Cc3ccc(B4OC(C)(C)C(C)(C)O4)cc3)cc2)C=C1. The van der Waals surface area contributed by atoms with E-state index in [0.717, 1.165) is 34.9 Å². The minimum Gasteiger partial charge on any atom is -0.399 e. The fourth-order valence-corrected chi connectivity index (χ4v) is 7.28. The van der Waals surface area contributed by atoms with E-state index in [1.54, 1.807) is 14.2 Å². The lowest BCUT2D eigenvalue weighted by atomic mass is 9.78. The largest absolute Gasteiger partial charge is 0.494 e. The molecule has 4 aromatic rings. The Morgan fingerprint density at radius 1 is 0.389 bits per heavy atom. The minimum absolute atomic E-state index is 0.356. The van der Waals surface area contributed by atoms with Crippen LogP contribution in [-0.2, 0) is 52.1 Å². The molecule has 1 aliphatic carbocycles. The molecule has 3 aliphatic rings. The summed E-state index contributed by atoms with van der Waals surface area (Å²) in [6.07, 6.45) is 10.1. The van der Waals surface area contributed by atoms with Crippen molar-refractivity contribution in [1.82, 2.24) is 0 Å². The Kier molecular flexibility index (Phi) is 10.0. The summed E-state index contributed by atoms with van der Waals surface area (Å²) < 4.78 is 37.3. The summed E-state index contributed by atoms with van der Waals surface area (Å²) in [5.41, 5.74) is 6.28. The van der Waals surface area contributed by atoms with E-state index in [4.69, 9.17) is 28.1 Å². The molecule has 0 spiro atoms. The fraction of sp³-hybridized carbons (Fsp3) is 0.391. The van der Waals surface area contributed by atoms with Gasteiger partial charge in [0.25, 0.3) is 0 Å². The smallest absolute Gasteiger partial charge is 0.399 e. The predicted octanol–water partition coefficient (Wildman–Crippen LogP) is 7.98. The molecule has 0 radical (unpaired) electrons. The molecule has 280 valence electrons. The quantitative estimate of drug-likeness (QED) is 0.122. The van der Waals surface area contributed by atoms with Crippen molar-refractivity contribution in [3.05, 3.63) is 155 Å². The van der Waals surface area contributed by atoms with Crippen LogP contribution < -0.4 is 10.9 Å². The van der Waals surface area contributed by atoms with Crippen molar-refractivity contribution in [1.29, 1.82) is 0 Å². The molecule has 0 atom stereocenters. The van der Waals surface area contributed by atoms with Crippen molar-refractivity contribution < 1.29 is 28.1 Å². The Labute approximate surface area is 323 Å². The van der Waals surface area contributed by atoms with Crippen molar-refractivity contribution >= 4 is 25.2 Å². The first-order valence-electron chi connectivity index (χ1n) is 19.1. The van der Waals surface area contributed by atoms with E-state index in [-0.39, 0.29) is 36.6 Å². The van der Waals surface area contributed by atoms with Gasteiger partial charge in [-0.1, -0.05) is 97.1 Å². The second kappa shape index (κ2) is 14.1. The van der Waals surface area contributed by atoms with Crippen LogP contribution in [0.3, 0.4) is 0 Å². The Morgan fingerprint density at radius 2 is 0.630 bits per heavy atom. The highest BCUT2D eigenvalue weighted by Gasteiger charge is 2.52. The van der Waals surface area contributed by atoms with Gasteiger partial charge in [-0.2, -0.15) is 0 Å². The number of hydrogen-bond acceptors (Lipinski definition) is 6. The summed E-state index contributed by atoms with van der Waals surface area (Å²) in [4.78, 5) is 0. The predicted molar refractivity (Wildman–Crippen MR) is 218 cm³/mol. The number of rotatable bonds is 10. The molecule has 0 aromatic heterocycles. The van der Waals surface area contributed by atoms with Gasteiger partial charge >= 0.3 is 14.2 Å². The maximum absolute atomic E-state index is 6.23. The first-order valence-corrected chi connectivity index (χ1v) is 19.1. The molecule has 6 nitrogen and oxygen atoms in total. The van der Waals surface area contributed by atoms with Gasteiger partial charge < -0.3 is 28.1 Å². The summed E-state index contributed by atoms with van der Waals surface area (Å²) in [5.74, 6) is 0. The molecule has 0 N–H and O–H groups in total. The molecule has 2 saturated heterocycles. The third-order valence-electron chi connectivity index (χ3n) is 12.5. The van der Waals surface area contributed by atoms with E-state index in [0.29, 0.717) is 0 Å². The zero-order valence-electron chi connectivity index (χ0n) is 33.6. The van der Waals surface area contributed by atoms with Crippen molar-refractivity contribution in [2.45, 2.75) is 102 Å². The van der Waals surface area contributed by atoms with E-state index in [1.807, 2.05) is 0 Å². The highest BCUT2D eigenvalue weighted by Crippen LogP contribution is 2.41. The van der Waals surface area contributed by atoms with Gasteiger partial charge in [0.15, 0.2) is 0 Å².